The summed E-state index contributed by atoms with van der Waals surface area (Å²) in [7, 11) is -4.21. The number of carbonyl (C=O) groups is 2. The number of aryl methyl sites for hydroxylation is 1. The average Bonchev–Trinajstić information content (AvgIpc) is 3.00. The standard InChI is InChI=1S/C33H43N3O5S2/c1-7-29(33(38)34-21-24(3)4)35(22-26-14-10-9-13-25(26)5)32(37)23-36(30-15-11-12-16-31(30)41-8-2)43(39,40)28-19-17-27(42-6)18-20-28/h9-20,24,29H,7-8,21-23H2,1-6H3,(H,34,38). The van der Waals surface area contributed by atoms with Gasteiger partial charge in [0.15, 0.2) is 0 Å². The summed E-state index contributed by atoms with van der Waals surface area (Å²) in [6.07, 6.45) is 2.28. The molecular formula is C33H43N3O5S2. The Balaban J connectivity index is 2.11. The maximum atomic E-state index is 14.3. The van der Waals surface area contributed by atoms with Crippen molar-refractivity contribution in [3.63, 3.8) is 0 Å². The van der Waals surface area contributed by atoms with Gasteiger partial charge in [0.1, 0.15) is 18.3 Å². The smallest absolute Gasteiger partial charge is 0.264 e. The summed E-state index contributed by atoms with van der Waals surface area (Å²) >= 11 is 1.51. The second kappa shape index (κ2) is 15.8. The molecule has 0 saturated heterocycles. The first kappa shape index (κ1) is 34.0. The topological polar surface area (TPSA) is 96.0 Å². The summed E-state index contributed by atoms with van der Waals surface area (Å²) in [6.45, 7) is 10.0. The van der Waals surface area contributed by atoms with E-state index in [2.05, 4.69) is 5.32 Å². The van der Waals surface area contributed by atoms with Crippen LogP contribution in [0.3, 0.4) is 0 Å². The van der Waals surface area contributed by atoms with Crippen LogP contribution in [0.4, 0.5) is 5.69 Å². The number of ether oxygens (including phenoxy) is 1. The molecule has 0 fully saturated rings. The average molecular weight is 626 g/mol. The fraction of sp³-hybridized carbons (Fsp3) is 0.394. The van der Waals surface area contributed by atoms with Crippen molar-refractivity contribution in [1.82, 2.24) is 10.2 Å². The molecule has 0 aliphatic heterocycles. The number of rotatable bonds is 15. The van der Waals surface area contributed by atoms with Crippen LogP contribution in [0.2, 0.25) is 0 Å². The molecule has 43 heavy (non-hydrogen) atoms. The van der Waals surface area contributed by atoms with E-state index in [0.717, 1.165) is 20.3 Å². The fourth-order valence-corrected chi connectivity index (χ4v) is 6.47. The van der Waals surface area contributed by atoms with Gasteiger partial charge in [-0.2, -0.15) is 0 Å². The van der Waals surface area contributed by atoms with E-state index < -0.39 is 28.5 Å². The lowest BCUT2D eigenvalue weighted by atomic mass is 10.1. The molecule has 0 aliphatic rings. The molecule has 0 bridgehead atoms. The monoisotopic (exact) mass is 625 g/mol. The Hall–Kier alpha value is -3.50. The first-order valence-electron chi connectivity index (χ1n) is 14.5. The number of nitrogens with one attached hydrogen (secondary N) is 1. The molecule has 0 aromatic heterocycles. The van der Waals surface area contributed by atoms with Gasteiger partial charge < -0.3 is 15.0 Å². The molecule has 1 atom stereocenters. The number of nitrogens with zero attached hydrogens (tertiary/aromatic N) is 2. The summed E-state index contributed by atoms with van der Waals surface area (Å²) in [5, 5.41) is 2.96. The van der Waals surface area contributed by atoms with Gasteiger partial charge in [0.25, 0.3) is 10.0 Å². The van der Waals surface area contributed by atoms with Crippen molar-refractivity contribution < 1.29 is 22.7 Å². The molecule has 2 amide bonds. The van der Waals surface area contributed by atoms with Crippen molar-refractivity contribution >= 4 is 39.3 Å². The number of hydrogen-bond acceptors (Lipinski definition) is 6. The van der Waals surface area contributed by atoms with Crippen LogP contribution in [0, 0.1) is 12.8 Å². The Morgan fingerprint density at radius 3 is 2.21 bits per heavy atom. The molecule has 8 nitrogen and oxygen atoms in total. The fourth-order valence-electron chi connectivity index (χ4n) is 4.64. The quantitative estimate of drug-likeness (QED) is 0.212. The van der Waals surface area contributed by atoms with E-state index >= 15 is 0 Å². The highest BCUT2D eigenvalue weighted by molar-refractivity contribution is 7.98. The molecule has 0 saturated carbocycles. The third kappa shape index (κ3) is 8.76. The van der Waals surface area contributed by atoms with Gasteiger partial charge >= 0.3 is 0 Å². The molecule has 0 spiro atoms. The van der Waals surface area contributed by atoms with Gasteiger partial charge in [-0.3, -0.25) is 13.9 Å². The lowest BCUT2D eigenvalue weighted by Gasteiger charge is -2.34. The van der Waals surface area contributed by atoms with Crippen molar-refractivity contribution in [2.24, 2.45) is 5.92 Å². The summed E-state index contributed by atoms with van der Waals surface area (Å²) in [5.41, 5.74) is 2.10. The Morgan fingerprint density at radius 2 is 1.60 bits per heavy atom. The number of amides is 2. The summed E-state index contributed by atoms with van der Waals surface area (Å²) in [6, 6.07) is 20.2. The van der Waals surface area contributed by atoms with Crippen molar-refractivity contribution in [3.8, 4) is 5.75 Å². The zero-order valence-electron chi connectivity index (χ0n) is 25.9. The first-order chi connectivity index (χ1) is 20.5. The van der Waals surface area contributed by atoms with Gasteiger partial charge in [-0.15, -0.1) is 11.8 Å². The zero-order chi connectivity index (χ0) is 31.6. The molecule has 0 radical (unpaired) electrons. The van der Waals surface area contributed by atoms with Crippen LogP contribution < -0.4 is 14.4 Å². The molecule has 0 heterocycles. The number of carbonyl (C=O) groups excluding carboxylic acids is 2. The third-order valence-corrected chi connectivity index (χ3v) is 9.55. The van der Waals surface area contributed by atoms with E-state index in [0.29, 0.717) is 25.3 Å². The van der Waals surface area contributed by atoms with E-state index in [1.807, 2.05) is 65.1 Å². The molecule has 0 aliphatic carbocycles. The van der Waals surface area contributed by atoms with Crippen molar-refractivity contribution in [2.75, 3.05) is 30.3 Å². The Kier molecular flexibility index (Phi) is 12.5. The molecule has 1 N–H and O–H groups in total. The van der Waals surface area contributed by atoms with Gasteiger partial charge in [0.05, 0.1) is 17.2 Å². The zero-order valence-corrected chi connectivity index (χ0v) is 27.5. The molecule has 3 rings (SSSR count). The van der Waals surface area contributed by atoms with Crippen molar-refractivity contribution in [2.45, 2.75) is 63.4 Å². The minimum Gasteiger partial charge on any atom is -0.492 e. The predicted molar refractivity (Wildman–Crippen MR) is 174 cm³/mol. The van der Waals surface area contributed by atoms with Gasteiger partial charge in [-0.1, -0.05) is 57.2 Å². The highest BCUT2D eigenvalue weighted by Gasteiger charge is 2.35. The number of sulfonamides is 1. The van der Waals surface area contributed by atoms with E-state index in [1.165, 1.54) is 16.7 Å². The maximum Gasteiger partial charge on any atom is 0.264 e. The third-order valence-electron chi connectivity index (χ3n) is 7.03. The van der Waals surface area contributed by atoms with Crippen LogP contribution in [0.1, 0.15) is 45.2 Å². The van der Waals surface area contributed by atoms with Gasteiger partial charge in [0, 0.05) is 18.0 Å². The lowest BCUT2D eigenvalue weighted by Crippen LogP contribution is -2.52. The van der Waals surface area contributed by atoms with Gasteiger partial charge in [-0.05, 0) is 80.0 Å². The molecular weight excluding hydrogens is 583 g/mol. The van der Waals surface area contributed by atoms with Crippen molar-refractivity contribution in [1.29, 1.82) is 0 Å². The Bertz CT molecular complexity index is 1480. The van der Waals surface area contributed by atoms with Crippen LogP contribution in [-0.4, -0.2) is 57.1 Å². The first-order valence-corrected chi connectivity index (χ1v) is 17.2. The molecule has 3 aromatic carbocycles. The number of hydrogen-bond donors (Lipinski definition) is 1. The number of benzene rings is 3. The Labute approximate surface area is 260 Å². The van der Waals surface area contributed by atoms with Crippen LogP contribution in [0.25, 0.3) is 0 Å². The minimum absolute atomic E-state index is 0.0524. The number of anilines is 1. The van der Waals surface area contributed by atoms with Gasteiger partial charge in [-0.25, -0.2) is 8.42 Å². The van der Waals surface area contributed by atoms with Crippen LogP contribution in [0.15, 0.2) is 82.6 Å². The van der Waals surface area contributed by atoms with E-state index in [1.54, 1.807) is 48.5 Å². The second-order valence-corrected chi connectivity index (χ2v) is 13.3. The Morgan fingerprint density at radius 1 is 0.953 bits per heavy atom. The second-order valence-electron chi connectivity index (χ2n) is 10.6. The normalized spacial score (nSPS) is 12.1. The SMILES string of the molecule is CCOc1ccccc1N(CC(=O)N(Cc1ccccc1C)C(CC)C(=O)NCC(C)C)S(=O)(=O)c1ccc(SC)cc1. The van der Waals surface area contributed by atoms with E-state index in [-0.39, 0.29) is 29.0 Å². The molecule has 10 heteroatoms. The lowest BCUT2D eigenvalue weighted by molar-refractivity contribution is -0.140. The maximum absolute atomic E-state index is 14.3. The van der Waals surface area contributed by atoms with Crippen molar-refractivity contribution in [3.05, 3.63) is 83.9 Å². The minimum atomic E-state index is -4.21. The number of para-hydroxylation sites is 2. The van der Waals surface area contributed by atoms with E-state index in [4.69, 9.17) is 4.74 Å². The van der Waals surface area contributed by atoms with Crippen LogP contribution >= 0.6 is 11.8 Å². The van der Waals surface area contributed by atoms with Crippen LogP contribution in [-0.2, 0) is 26.2 Å². The van der Waals surface area contributed by atoms with E-state index in [9.17, 15) is 18.0 Å². The molecule has 3 aromatic rings. The summed E-state index contributed by atoms with van der Waals surface area (Å²) in [5.74, 6) is -0.190. The van der Waals surface area contributed by atoms with Crippen LogP contribution in [0.5, 0.6) is 5.75 Å². The summed E-state index contributed by atoms with van der Waals surface area (Å²) in [4.78, 5) is 30.2. The van der Waals surface area contributed by atoms with Gasteiger partial charge in [0.2, 0.25) is 11.8 Å². The molecule has 232 valence electrons. The molecule has 1 unspecified atom stereocenters. The highest BCUT2D eigenvalue weighted by Crippen LogP contribution is 2.33. The number of thioether (sulfide) groups is 1. The largest absolute Gasteiger partial charge is 0.492 e. The highest BCUT2D eigenvalue weighted by atomic mass is 32.2. The predicted octanol–water partition coefficient (Wildman–Crippen LogP) is 5.89. The summed E-state index contributed by atoms with van der Waals surface area (Å²) < 4.78 is 35.3.